The van der Waals surface area contributed by atoms with E-state index in [-0.39, 0.29) is 11.7 Å². The third kappa shape index (κ3) is 4.40. The van der Waals surface area contributed by atoms with E-state index in [2.05, 4.69) is 25.3 Å². The van der Waals surface area contributed by atoms with Gasteiger partial charge in [-0.1, -0.05) is 6.07 Å². The molecule has 2 aromatic heterocycles. The standard InChI is InChI=1S/C20H22FN5OS/c21-15-3-5-16(6-4-15)26-11-9-25(10-12-26)8-7-22-20(27)18-14-17(23-24-18)19-2-1-13-28-19/h1-6,13-14H,7-12H2,(H,22,27)(H,23,24). The summed E-state index contributed by atoms with van der Waals surface area (Å²) in [5.74, 6) is -0.374. The Morgan fingerprint density at radius 1 is 1.18 bits per heavy atom. The number of hydrogen-bond acceptors (Lipinski definition) is 5. The average molecular weight is 399 g/mol. The third-order valence-electron chi connectivity index (χ3n) is 4.87. The summed E-state index contributed by atoms with van der Waals surface area (Å²) >= 11 is 1.60. The summed E-state index contributed by atoms with van der Waals surface area (Å²) in [7, 11) is 0. The number of rotatable bonds is 6. The summed E-state index contributed by atoms with van der Waals surface area (Å²) in [6.45, 7) is 4.99. The highest BCUT2D eigenvalue weighted by molar-refractivity contribution is 7.13. The number of thiophene rings is 1. The number of aromatic amines is 1. The van der Waals surface area contributed by atoms with Crippen LogP contribution in [-0.4, -0.2) is 60.3 Å². The first-order valence-electron chi connectivity index (χ1n) is 9.29. The Balaban J connectivity index is 1.21. The van der Waals surface area contributed by atoms with Crippen LogP contribution < -0.4 is 10.2 Å². The second-order valence-electron chi connectivity index (χ2n) is 6.71. The smallest absolute Gasteiger partial charge is 0.271 e. The van der Waals surface area contributed by atoms with Crippen molar-refractivity contribution in [1.82, 2.24) is 20.4 Å². The molecule has 0 saturated carbocycles. The molecular weight excluding hydrogens is 377 g/mol. The number of piperazine rings is 1. The van der Waals surface area contributed by atoms with Crippen molar-refractivity contribution in [2.75, 3.05) is 44.2 Å². The van der Waals surface area contributed by atoms with E-state index in [0.29, 0.717) is 12.2 Å². The van der Waals surface area contributed by atoms with E-state index in [1.807, 2.05) is 29.6 Å². The number of amides is 1. The minimum atomic E-state index is -0.211. The monoisotopic (exact) mass is 399 g/mol. The Labute approximate surface area is 167 Å². The van der Waals surface area contributed by atoms with Crippen molar-refractivity contribution >= 4 is 22.9 Å². The molecule has 2 N–H and O–H groups in total. The molecule has 0 radical (unpaired) electrons. The minimum absolute atomic E-state index is 0.163. The van der Waals surface area contributed by atoms with Gasteiger partial charge >= 0.3 is 0 Å². The number of aromatic nitrogens is 2. The van der Waals surface area contributed by atoms with E-state index in [4.69, 9.17) is 0 Å². The molecule has 146 valence electrons. The van der Waals surface area contributed by atoms with E-state index in [0.717, 1.165) is 49.0 Å². The van der Waals surface area contributed by atoms with Gasteiger partial charge in [0, 0.05) is 45.0 Å². The van der Waals surface area contributed by atoms with Crippen LogP contribution in [0.1, 0.15) is 10.5 Å². The summed E-state index contributed by atoms with van der Waals surface area (Å²) in [6.07, 6.45) is 0. The summed E-state index contributed by atoms with van der Waals surface area (Å²) in [4.78, 5) is 17.9. The average Bonchev–Trinajstić information content (AvgIpc) is 3.41. The first kappa shape index (κ1) is 18.6. The lowest BCUT2D eigenvalue weighted by Gasteiger charge is -2.36. The van der Waals surface area contributed by atoms with Crippen molar-refractivity contribution in [3.63, 3.8) is 0 Å². The van der Waals surface area contributed by atoms with Crippen molar-refractivity contribution in [2.45, 2.75) is 0 Å². The molecule has 1 aromatic carbocycles. The summed E-state index contributed by atoms with van der Waals surface area (Å²) < 4.78 is 13.0. The van der Waals surface area contributed by atoms with Crippen molar-refractivity contribution in [1.29, 1.82) is 0 Å². The maximum absolute atomic E-state index is 13.0. The van der Waals surface area contributed by atoms with Crippen LogP contribution >= 0.6 is 11.3 Å². The van der Waals surface area contributed by atoms with E-state index < -0.39 is 0 Å². The SMILES string of the molecule is O=C(NCCN1CCN(c2ccc(F)cc2)CC1)c1cc(-c2cccs2)[nH]n1. The number of H-pyrrole nitrogens is 1. The summed E-state index contributed by atoms with van der Waals surface area (Å²) in [5.41, 5.74) is 2.32. The van der Waals surface area contributed by atoms with Crippen LogP contribution in [0.25, 0.3) is 10.6 Å². The largest absolute Gasteiger partial charge is 0.369 e. The molecule has 1 aliphatic heterocycles. The van der Waals surface area contributed by atoms with Crippen molar-refractivity contribution in [2.24, 2.45) is 0 Å². The van der Waals surface area contributed by atoms with Crippen LogP contribution in [0.4, 0.5) is 10.1 Å². The molecule has 1 fully saturated rings. The molecule has 4 rings (SSSR count). The lowest BCUT2D eigenvalue weighted by Crippen LogP contribution is -2.48. The van der Waals surface area contributed by atoms with Crippen LogP contribution in [0.3, 0.4) is 0 Å². The van der Waals surface area contributed by atoms with Gasteiger partial charge < -0.3 is 10.2 Å². The molecular formula is C20H22FN5OS. The number of carbonyl (C=O) groups excluding carboxylic acids is 1. The normalized spacial score (nSPS) is 15.0. The Kier molecular flexibility index (Phi) is 5.68. The Bertz CT molecular complexity index is 901. The molecule has 6 nitrogen and oxygen atoms in total. The number of carbonyl (C=O) groups is 1. The maximum Gasteiger partial charge on any atom is 0.271 e. The first-order chi connectivity index (χ1) is 13.7. The zero-order valence-corrected chi connectivity index (χ0v) is 16.2. The second kappa shape index (κ2) is 8.53. The molecule has 3 heterocycles. The zero-order valence-electron chi connectivity index (χ0n) is 15.4. The van der Waals surface area contributed by atoms with Crippen molar-refractivity contribution in [3.8, 4) is 10.6 Å². The number of nitrogens with one attached hydrogen (secondary N) is 2. The molecule has 0 atom stereocenters. The van der Waals surface area contributed by atoms with Gasteiger partial charge in [-0.15, -0.1) is 11.3 Å². The molecule has 1 amide bonds. The molecule has 0 aliphatic carbocycles. The van der Waals surface area contributed by atoms with Crippen molar-refractivity contribution in [3.05, 3.63) is 59.4 Å². The molecule has 0 bridgehead atoms. The van der Waals surface area contributed by atoms with Crippen LogP contribution in [0.15, 0.2) is 47.8 Å². The lowest BCUT2D eigenvalue weighted by molar-refractivity contribution is 0.0943. The molecule has 3 aromatic rings. The number of anilines is 1. The Morgan fingerprint density at radius 3 is 2.68 bits per heavy atom. The Hall–Kier alpha value is -2.71. The number of halogens is 1. The van der Waals surface area contributed by atoms with Crippen LogP contribution in [0.2, 0.25) is 0 Å². The maximum atomic E-state index is 13.0. The van der Waals surface area contributed by atoms with Gasteiger partial charge in [0.05, 0.1) is 10.6 Å². The summed E-state index contributed by atoms with van der Waals surface area (Å²) in [5, 5.41) is 12.0. The van der Waals surface area contributed by atoms with Gasteiger partial charge in [-0.2, -0.15) is 5.10 Å². The molecule has 0 unspecified atom stereocenters. The summed E-state index contributed by atoms with van der Waals surface area (Å²) in [6, 6.07) is 12.4. The fraction of sp³-hybridized carbons (Fsp3) is 0.300. The molecule has 1 aliphatic rings. The Morgan fingerprint density at radius 2 is 1.96 bits per heavy atom. The predicted octanol–water partition coefficient (Wildman–Crippen LogP) is 2.83. The van der Waals surface area contributed by atoms with E-state index in [1.54, 1.807) is 17.4 Å². The fourth-order valence-corrected chi connectivity index (χ4v) is 3.99. The van der Waals surface area contributed by atoms with Crippen LogP contribution in [0.5, 0.6) is 0 Å². The zero-order chi connectivity index (χ0) is 19.3. The van der Waals surface area contributed by atoms with Gasteiger partial charge in [0.25, 0.3) is 5.91 Å². The highest BCUT2D eigenvalue weighted by atomic mass is 32.1. The fourth-order valence-electron chi connectivity index (χ4n) is 3.30. The van der Waals surface area contributed by atoms with E-state index in [9.17, 15) is 9.18 Å². The van der Waals surface area contributed by atoms with Gasteiger partial charge in [-0.05, 0) is 41.8 Å². The molecule has 0 spiro atoms. The van der Waals surface area contributed by atoms with E-state index >= 15 is 0 Å². The second-order valence-corrected chi connectivity index (χ2v) is 7.65. The topological polar surface area (TPSA) is 64.3 Å². The van der Waals surface area contributed by atoms with Crippen LogP contribution in [0, 0.1) is 5.82 Å². The van der Waals surface area contributed by atoms with Gasteiger partial charge in [0.1, 0.15) is 5.82 Å². The van der Waals surface area contributed by atoms with E-state index in [1.165, 1.54) is 12.1 Å². The first-order valence-corrected chi connectivity index (χ1v) is 10.2. The van der Waals surface area contributed by atoms with Gasteiger partial charge in [-0.3, -0.25) is 14.8 Å². The highest BCUT2D eigenvalue weighted by Gasteiger charge is 2.18. The minimum Gasteiger partial charge on any atom is -0.369 e. The number of nitrogens with zero attached hydrogens (tertiary/aromatic N) is 3. The number of benzene rings is 1. The molecule has 1 saturated heterocycles. The predicted molar refractivity (Wildman–Crippen MR) is 109 cm³/mol. The highest BCUT2D eigenvalue weighted by Crippen LogP contribution is 2.22. The van der Waals surface area contributed by atoms with Crippen molar-refractivity contribution < 1.29 is 9.18 Å². The van der Waals surface area contributed by atoms with Gasteiger partial charge in [-0.25, -0.2) is 4.39 Å². The van der Waals surface area contributed by atoms with Crippen LogP contribution in [-0.2, 0) is 0 Å². The lowest BCUT2D eigenvalue weighted by atomic mass is 10.2. The molecule has 28 heavy (non-hydrogen) atoms. The van der Waals surface area contributed by atoms with Gasteiger partial charge in [0.2, 0.25) is 0 Å². The third-order valence-corrected chi connectivity index (χ3v) is 5.78. The molecule has 8 heteroatoms. The van der Waals surface area contributed by atoms with Gasteiger partial charge in [0.15, 0.2) is 5.69 Å². The quantitative estimate of drug-likeness (QED) is 0.669. The number of hydrogen-bond donors (Lipinski definition) is 2.